The van der Waals surface area contributed by atoms with Crippen LogP contribution in [0.5, 0.6) is 0 Å². The molecule has 0 unspecified atom stereocenters. The summed E-state index contributed by atoms with van der Waals surface area (Å²) in [6.07, 6.45) is 0. The van der Waals surface area contributed by atoms with Crippen LogP contribution in [0.25, 0.3) is 11.1 Å². The van der Waals surface area contributed by atoms with Gasteiger partial charge in [-0.25, -0.2) is 4.98 Å². The molecular weight excluding hydrogens is 256 g/mol. The van der Waals surface area contributed by atoms with E-state index in [4.69, 9.17) is 10.2 Å². The Morgan fingerprint density at radius 2 is 1.84 bits per heavy atom. The minimum atomic E-state index is -0.00641. The molecule has 96 valence electrons. The second-order valence-electron chi connectivity index (χ2n) is 4.38. The van der Waals surface area contributed by atoms with Gasteiger partial charge in [-0.05, 0) is 42.4 Å². The molecule has 4 heteroatoms. The van der Waals surface area contributed by atoms with Gasteiger partial charge in [-0.2, -0.15) is 0 Å². The lowest BCUT2D eigenvalue weighted by Crippen LogP contribution is -2.05. The molecule has 0 amide bonds. The summed E-state index contributed by atoms with van der Waals surface area (Å²) in [7, 11) is 0. The Labute approximate surface area is 115 Å². The van der Waals surface area contributed by atoms with Crippen molar-refractivity contribution in [3.63, 3.8) is 0 Å². The second-order valence-corrected chi connectivity index (χ2v) is 5.37. The SMILES string of the molecule is C[C@H](N)c1ccccc1Sc1nc2ccccc2o1. The van der Waals surface area contributed by atoms with Gasteiger partial charge in [0.05, 0.1) is 0 Å². The molecule has 0 aliphatic heterocycles. The number of hydrogen-bond acceptors (Lipinski definition) is 4. The third kappa shape index (κ3) is 2.50. The van der Waals surface area contributed by atoms with Gasteiger partial charge in [-0.1, -0.05) is 30.3 Å². The molecule has 2 N–H and O–H groups in total. The van der Waals surface area contributed by atoms with E-state index in [0.29, 0.717) is 5.22 Å². The van der Waals surface area contributed by atoms with Crippen LogP contribution >= 0.6 is 11.8 Å². The zero-order valence-electron chi connectivity index (χ0n) is 10.5. The maximum Gasteiger partial charge on any atom is 0.261 e. The zero-order chi connectivity index (χ0) is 13.2. The standard InChI is InChI=1S/C15H14N2OS/c1-10(16)11-6-2-5-9-14(11)19-15-17-12-7-3-4-8-13(12)18-15/h2-10H,16H2,1H3/t10-/m0/s1. The van der Waals surface area contributed by atoms with Gasteiger partial charge in [0.15, 0.2) is 5.58 Å². The van der Waals surface area contributed by atoms with Crippen molar-refractivity contribution >= 4 is 22.9 Å². The molecule has 2 aromatic carbocycles. The second kappa shape index (κ2) is 5.07. The highest BCUT2D eigenvalue weighted by Crippen LogP contribution is 2.33. The Morgan fingerprint density at radius 1 is 1.11 bits per heavy atom. The lowest BCUT2D eigenvalue weighted by molar-refractivity contribution is 0.489. The molecule has 1 aromatic heterocycles. The minimum Gasteiger partial charge on any atom is -0.431 e. The average molecular weight is 270 g/mol. The van der Waals surface area contributed by atoms with Crippen LogP contribution in [-0.2, 0) is 0 Å². The molecular formula is C15H14N2OS. The number of aromatic nitrogens is 1. The van der Waals surface area contributed by atoms with Crippen molar-refractivity contribution < 1.29 is 4.42 Å². The van der Waals surface area contributed by atoms with Crippen LogP contribution in [-0.4, -0.2) is 4.98 Å². The van der Waals surface area contributed by atoms with Gasteiger partial charge in [0.2, 0.25) is 0 Å². The van der Waals surface area contributed by atoms with Gasteiger partial charge >= 0.3 is 0 Å². The van der Waals surface area contributed by atoms with Crippen LogP contribution in [0.15, 0.2) is 63.1 Å². The summed E-state index contributed by atoms with van der Waals surface area (Å²) in [5.74, 6) is 0. The summed E-state index contributed by atoms with van der Waals surface area (Å²) in [5.41, 5.74) is 8.77. The van der Waals surface area contributed by atoms with Crippen LogP contribution in [0.4, 0.5) is 0 Å². The van der Waals surface area contributed by atoms with Crippen LogP contribution in [0, 0.1) is 0 Å². The number of nitrogens with zero attached hydrogens (tertiary/aromatic N) is 1. The Bertz CT molecular complexity index is 673. The van der Waals surface area contributed by atoms with E-state index in [0.717, 1.165) is 21.6 Å². The Balaban J connectivity index is 1.97. The normalized spacial score (nSPS) is 12.7. The van der Waals surface area contributed by atoms with E-state index in [1.54, 1.807) is 0 Å². The van der Waals surface area contributed by atoms with Crippen molar-refractivity contribution in [2.24, 2.45) is 5.73 Å². The van der Waals surface area contributed by atoms with Crippen molar-refractivity contribution in [2.45, 2.75) is 23.1 Å². The van der Waals surface area contributed by atoms with Crippen LogP contribution < -0.4 is 5.73 Å². The summed E-state index contributed by atoms with van der Waals surface area (Å²) in [6.45, 7) is 1.98. The van der Waals surface area contributed by atoms with Gasteiger partial charge in [0, 0.05) is 10.9 Å². The summed E-state index contributed by atoms with van der Waals surface area (Å²) < 4.78 is 5.72. The number of para-hydroxylation sites is 2. The zero-order valence-corrected chi connectivity index (χ0v) is 11.4. The predicted molar refractivity (Wildman–Crippen MR) is 77.2 cm³/mol. The first-order chi connectivity index (χ1) is 9.24. The molecule has 0 aliphatic rings. The van der Waals surface area contributed by atoms with Gasteiger partial charge in [-0.15, -0.1) is 0 Å². The number of nitrogens with two attached hydrogens (primary N) is 1. The Hall–Kier alpha value is -1.78. The molecule has 0 radical (unpaired) electrons. The van der Waals surface area contributed by atoms with Crippen LogP contribution in [0.2, 0.25) is 0 Å². The highest BCUT2D eigenvalue weighted by Gasteiger charge is 2.11. The molecule has 0 saturated heterocycles. The number of rotatable bonds is 3. The molecule has 19 heavy (non-hydrogen) atoms. The van der Waals surface area contributed by atoms with Crippen molar-refractivity contribution in [3.8, 4) is 0 Å². The quantitative estimate of drug-likeness (QED) is 0.781. The number of hydrogen-bond donors (Lipinski definition) is 1. The highest BCUT2D eigenvalue weighted by molar-refractivity contribution is 7.99. The van der Waals surface area contributed by atoms with Gasteiger partial charge in [0.25, 0.3) is 5.22 Å². The first-order valence-electron chi connectivity index (χ1n) is 6.12. The molecule has 0 aliphatic carbocycles. The molecule has 3 rings (SSSR count). The third-order valence-corrected chi connectivity index (χ3v) is 3.82. The smallest absolute Gasteiger partial charge is 0.261 e. The highest BCUT2D eigenvalue weighted by atomic mass is 32.2. The molecule has 0 bridgehead atoms. The van der Waals surface area contributed by atoms with Gasteiger partial charge < -0.3 is 10.2 Å². The monoisotopic (exact) mass is 270 g/mol. The number of benzene rings is 2. The third-order valence-electron chi connectivity index (χ3n) is 2.88. The molecule has 0 fully saturated rings. The maximum absolute atomic E-state index is 5.98. The van der Waals surface area contributed by atoms with Gasteiger partial charge in [-0.3, -0.25) is 0 Å². The molecule has 0 saturated carbocycles. The fourth-order valence-corrected chi connectivity index (χ4v) is 2.92. The minimum absolute atomic E-state index is 0.00641. The fraction of sp³-hybridized carbons (Fsp3) is 0.133. The van der Waals surface area contributed by atoms with E-state index < -0.39 is 0 Å². The summed E-state index contributed by atoms with van der Waals surface area (Å²) >= 11 is 1.51. The van der Waals surface area contributed by atoms with Crippen molar-refractivity contribution in [3.05, 3.63) is 54.1 Å². The topological polar surface area (TPSA) is 52.0 Å². The fourth-order valence-electron chi connectivity index (χ4n) is 1.94. The van der Waals surface area contributed by atoms with E-state index in [-0.39, 0.29) is 6.04 Å². The van der Waals surface area contributed by atoms with Crippen molar-refractivity contribution in [1.29, 1.82) is 0 Å². The predicted octanol–water partition coefficient (Wildman–Crippen LogP) is 4.00. The van der Waals surface area contributed by atoms with E-state index in [9.17, 15) is 0 Å². The Morgan fingerprint density at radius 3 is 2.63 bits per heavy atom. The molecule has 1 heterocycles. The van der Waals surface area contributed by atoms with E-state index in [1.807, 2.05) is 55.5 Å². The summed E-state index contributed by atoms with van der Waals surface area (Å²) in [5, 5.41) is 0.648. The first-order valence-corrected chi connectivity index (χ1v) is 6.93. The van der Waals surface area contributed by atoms with Gasteiger partial charge in [0.1, 0.15) is 5.52 Å². The molecule has 3 nitrogen and oxygen atoms in total. The molecule has 3 aromatic rings. The lowest BCUT2D eigenvalue weighted by Gasteiger charge is -2.09. The number of oxazole rings is 1. The van der Waals surface area contributed by atoms with E-state index in [2.05, 4.69) is 4.98 Å². The van der Waals surface area contributed by atoms with E-state index in [1.165, 1.54) is 11.8 Å². The molecule has 1 atom stereocenters. The lowest BCUT2D eigenvalue weighted by atomic mass is 10.1. The van der Waals surface area contributed by atoms with Crippen LogP contribution in [0.3, 0.4) is 0 Å². The van der Waals surface area contributed by atoms with Crippen molar-refractivity contribution in [2.75, 3.05) is 0 Å². The summed E-state index contributed by atoms with van der Waals surface area (Å²) in [6, 6.07) is 15.8. The first kappa shape index (κ1) is 12.3. The summed E-state index contributed by atoms with van der Waals surface area (Å²) in [4.78, 5) is 5.55. The largest absolute Gasteiger partial charge is 0.431 e. The van der Waals surface area contributed by atoms with E-state index >= 15 is 0 Å². The van der Waals surface area contributed by atoms with Crippen LogP contribution in [0.1, 0.15) is 18.5 Å². The Kier molecular flexibility index (Phi) is 3.27. The average Bonchev–Trinajstić information content (AvgIpc) is 2.81. The number of fused-ring (bicyclic) bond motifs is 1. The van der Waals surface area contributed by atoms with Crippen molar-refractivity contribution in [1.82, 2.24) is 4.98 Å². The molecule has 0 spiro atoms. The maximum atomic E-state index is 5.98.